The van der Waals surface area contributed by atoms with E-state index < -0.39 is 0 Å². The van der Waals surface area contributed by atoms with Crippen molar-refractivity contribution in [2.75, 3.05) is 19.6 Å². The van der Waals surface area contributed by atoms with Gasteiger partial charge in [0.05, 0.1) is 0 Å². The standard InChI is InChI=1S/C15H32N2/c1-4-8-13(3)12-17(5-2)15-10-7-6-9-14(15)11-16/h13-15H,4-12,16H2,1-3H3. The van der Waals surface area contributed by atoms with Gasteiger partial charge in [-0.05, 0) is 44.2 Å². The molecule has 1 aliphatic carbocycles. The molecule has 0 aromatic carbocycles. The Morgan fingerprint density at radius 1 is 1.24 bits per heavy atom. The number of hydrogen-bond acceptors (Lipinski definition) is 2. The molecule has 2 N–H and O–H groups in total. The van der Waals surface area contributed by atoms with Crippen molar-refractivity contribution in [3.63, 3.8) is 0 Å². The Balaban J connectivity index is 2.51. The van der Waals surface area contributed by atoms with Crippen LogP contribution in [0, 0.1) is 11.8 Å². The zero-order valence-electron chi connectivity index (χ0n) is 12.1. The fourth-order valence-corrected chi connectivity index (χ4v) is 3.43. The highest BCUT2D eigenvalue weighted by atomic mass is 15.2. The molecule has 0 saturated heterocycles. The van der Waals surface area contributed by atoms with Crippen molar-refractivity contribution in [1.29, 1.82) is 0 Å². The summed E-state index contributed by atoms with van der Waals surface area (Å²) in [5.41, 5.74) is 5.95. The second kappa shape index (κ2) is 8.10. The van der Waals surface area contributed by atoms with Crippen LogP contribution in [-0.4, -0.2) is 30.6 Å². The highest BCUT2D eigenvalue weighted by Crippen LogP contribution is 2.28. The van der Waals surface area contributed by atoms with Gasteiger partial charge in [-0.3, -0.25) is 0 Å². The van der Waals surface area contributed by atoms with Gasteiger partial charge in [-0.25, -0.2) is 0 Å². The minimum atomic E-state index is 0.748. The van der Waals surface area contributed by atoms with Crippen molar-refractivity contribution in [3.8, 4) is 0 Å². The molecule has 3 unspecified atom stereocenters. The SMILES string of the molecule is CCCC(C)CN(CC)C1CCCCC1CN. The minimum Gasteiger partial charge on any atom is -0.330 e. The molecule has 17 heavy (non-hydrogen) atoms. The third-order valence-electron chi connectivity index (χ3n) is 4.37. The molecular weight excluding hydrogens is 208 g/mol. The third kappa shape index (κ3) is 4.59. The summed E-state index contributed by atoms with van der Waals surface area (Å²) in [6.45, 7) is 10.3. The lowest BCUT2D eigenvalue weighted by atomic mass is 9.83. The van der Waals surface area contributed by atoms with Gasteiger partial charge in [0.2, 0.25) is 0 Å². The Bertz CT molecular complexity index is 193. The number of rotatable bonds is 7. The van der Waals surface area contributed by atoms with Crippen LogP contribution in [0.1, 0.15) is 59.3 Å². The van der Waals surface area contributed by atoms with E-state index in [9.17, 15) is 0 Å². The molecule has 0 bridgehead atoms. The lowest BCUT2D eigenvalue weighted by Crippen LogP contribution is -2.46. The molecule has 0 spiro atoms. The molecule has 1 rings (SSSR count). The molecule has 3 atom stereocenters. The summed E-state index contributed by atoms with van der Waals surface area (Å²) in [6.07, 6.45) is 8.18. The summed E-state index contributed by atoms with van der Waals surface area (Å²) in [5, 5.41) is 0. The van der Waals surface area contributed by atoms with E-state index in [1.54, 1.807) is 0 Å². The van der Waals surface area contributed by atoms with E-state index in [1.165, 1.54) is 51.6 Å². The number of nitrogens with zero attached hydrogens (tertiary/aromatic N) is 1. The highest BCUT2D eigenvalue weighted by molar-refractivity contribution is 4.84. The van der Waals surface area contributed by atoms with Gasteiger partial charge >= 0.3 is 0 Å². The molecule has 1 aliphatic rings. The van der Waals surface area contributed by atoms with Crippen LogP contribution < -0.4 is 5.73 Å². The first-order chi connectivity index (χ1) is 8.22. The van der Waals surface area contributed by atoms with Crippen LogP contribution in [0.25, 0.3) is 0 Å². The van der Waals surface area contributed by atoms with E-state index >= 15 is 0 Å². The van der Waals surface area contributed by atoms with E-state index in [1.807, 2.05) is 0 Å². The Kier molecular flexibility index (Phi) is 7.14. The van der Waals surface area contributed by atoms with Gasteiger partial charge in [-0.2, -0.15) is 0 Å². The number of hydrogen-bond donors (Lipinski definition) is 1. The maximum absolute atomic E-state index is 5.95. The van der Waals surface area contributed by atoms with Crippen LogP contribution in [0.15, 0.2) is 0 Å². The van der Waals surface area contributed by atoms with Crippen LogP contribution in [-0.2, 0) is 0 Å². The van der Waals surface area contributed by atoms with Gasteiger partial charge in [0.15, 0.2) is 0 Å². The van der Waals surface area contributed by atoms with Crippen molar-refractivity contribution < 1.29 is 0 Å². The van der Waals surface area contributed by atoms with Crippen molar-refractivity contribution in [1.82, 2.24) is 4.90 Å². The van der Waals surface area contributed by atoms with Crippen molar-refractivity contribution in [2.24, 2.45) is 17.6 Å². The van der Waals surface area contributed by atoms with E-state index in [0.717, 1.165) is 24.4 Å². The first-order valence-corrected chi connectivity index (χ1v) is 7.67. The quantitative estimate of drug-likeness (QED) is 0.740. The smallest absolute Gasteiger partial charge is 0.0135 e. The van der Waals surface area contributed by atoms with Crippen LogP contribution in [0.4, 0.5) is 0 Å². The summed E-state index contributed by atoms with van der Waals surface area (Å²) in [6, 6.07) is 0.762. The molecule has 1 fully saturated rings. The maximum atomic E-state index is 5.95. The first kappa shape index (κ1) is 15.0. The topological polar surface area (TPSA) is 29.3 Å². The number of nitrogens with two attached hydrogens (primary N) is 1. The molecule has 2 heteroatoms. The highest BCUT2D eigenvalue weighted by Gasteiger charge is 2.28. The summed E-state index contributed by atoms with van der Waals surface area (Å²) in [5.74, 6) is 1.58. The molecule has 0 aliphatic heterocycles. The Morgan fingerprint density at radius 3 is 2.53 bits per heavy atom. The zero-order chi connectivity index (χ0) is 12.7. The van der Waals surface area contributed by atoms with Gasteiger partial charge in [-0.15, -0.1) is 0 Å². The van der Waals surface area contributed by atoms with E-state index in [0.29, 0.717) is 0 Å². The fourth-order valence-electron chi connectivity index (χ4n) is 3.43. The molecule has 0 aromatic heterocycles. The lowest BCUT2D eigenvalue weighted by Gasteiger charge is -2.40. The minimum absolute atomic E-state index is 0.748. The lowest BCUT2D eigenvalue weighted by molar-refractivity contribution is 0.0963. The van der Waals surface area contributed by atoms with Gasteiger partial charge in [0.25, 0.3) is 0 Å². The normalized spacial score (nSPS) is 27.4. The van der Waals surface area contributed by atoms with Crippen LogP contribution in [0.5, 0.6) is 0 Å². The molecule has 0 amide bonds. The average Bonchev–Trinajstić information content (AvgIpc) is 2.36. The van der Waals surface area contributed by atoms with Crippen molar-refractivity contribution in [3.05, 3.63) is 0 Å². The average molecular weight is 240 g/mol. The molecule has 1 saturated carbocycles. The first-order valence-electron chi connectivity index (χ1n) is 7.67. The van der Waals surface area contributed by atoms with E-state index in [2.05, 4.69) is 25.7 Å². The Labute approximate surface area is 108 Å². The predicted octanol–water partition coefficient (Wildman–Crippen LogP) is 3.26. The monoisotopic (exact) mass is 240 g/mol. The Morgan fingerprint density at radius 2 is 1.94 bits per heavy atom. The third-order valence-corrected chi connectivity index (χ3v) is 4.37. The summed E-state index contributed by atoms with van der Waals surface area (Å²) in [4.78, 5) is 2.71. The second-order valence-corrected chi connectivity index (χ2v) is 5.83. The Hall–Kier alpha value is -0.0800. The largest absolute Gasteiger partial charge is 0.330 e. The predicted molar refractivity (Wildman–Crippen MR) is 76.1 cm³/mol. The van der Waals surface area contributed by atoms with Crippen LogP contribution in [0.3, 0.4) is 0 Å². The molecule has 2 nitrogen and oxygen atoms in total. The van der Waals surface area contributed by atoms with Crippen molar-refractivity contribution in [2.45, 2.75) is 65.3 Å². The van der Waals surface area contributed by atoms with Gasteiger partial charge in [0.1, 0.15) is 0 Å². The van der Waals surface area contributed by atoms with E-state index in [-0.39, 0.29) is 0 Å². The van der Waals surface area contributed by atoms with Crippen LogP contribution >= 0.6 is 0 Å². The van der Waals surface area contributed by atoms with E-state index in [4.69, 9.17) is 5.73 Å². The summed E-state index contributed by atoms with van der Waals surface area (Å²) >= 11 is 0. The fraction of sp³-hybridized carbons (Fsp3) is 1.00. The molecule has 102 valence electrons. The van der Waals surface area contributed by atoms with Gasteiger partial charge in [0, 0.05) is 12.6 Å². The van der Waals surface area contributed by atoms with Gasteiger partial charge in [-0.1, -0.05) is 40.0 Å². The summed E-state index contributed by atoms with van der Waals surface area (Å²) < 4.78 is 0. The molecular formula is C15H32N2. The molecule has 0 radical (unpaired) electrons. The maximum Gasteiger partial charge on any atom is 0.0135 e. The second-order valence-electron chi connectivity index (χ2n) is 5.83. The molecule has 0 aromatic rings. The van der Waals surface area contributed by atoms with Crippen LogP contribution in [0.2, 0.25) is 0 Å². The summed E-state index contributed by atoms with van der Waals surface area (Å²) in [7, 11) is 0. The zero-order valence-corrected chi connectivity index (χ0v) is 12.1. The van der Waals surface area contributed by atoms with Crippen molar-refractivity contribution >= 4 is 0 Å². The van der Waals surface area contributed by atoms with Gasteiger partial charge < -0.3 is 10.6 Å². The molecule has 0 heterocycles.